The van der Waals surface area contributed by atoms with Gasteiger partial charge >= 0.3 is 0 Å². The van der Waals surface area contributed by atoms with Crippen molar-refractivity contribution in [2.75, 3.05) is 32.7 Å². The number of nitrogens with zero attached hydrogens (tertiary/aromatic N) is 3. The summed E-state index contributed by atoms with van der Waals surface area (Å²) in [7, 11) is 0. The molecule has 0 bridgehead atoms. The molecule has 0 saturated carbocycles. The number of rotatable bonds is 2. The van der Waals surface area contributed by atoms with E-state index >= 15 is 0 Å². The summed E-state index contributed by atoms with van der Waals surface area (Å²) >= 11 is 0. The van der Waals surface area contributed by atoms with Gasteiger partial charge in [0.1, 0.15) is 6.04 Å². The van der Waals surface area contributed by atoms with E-state index in [1.165, 1.54) is 12.8 Å². The van der Waals surface area contributed by atoms with Crippen molar-refractivity contribution in [1.82, 2.24) is 15.1 Å². The zero-order valence-corrected chi connectivity index (χ0v) is 11.8. The third kappa shape index (κ3) is 3.46. The first-order valence-corrected chi connectivity index (χ1v) is 7.39. The van der Waals surface area contributed by atoms with Crippen molar-refractivity contribution in [3.63, 3.8) is 0 Å². The van der Waals surface area contributed by atoms with Gasteiger partial charge in [0.05, 0.1) is 12.1 Å². The summed E-state index contributed by atoms with van der Waals surface area (Å²) in [5.74, 6) is 0.198. The molecule has 0 spiro atoms. The van der Waals surface area contributed by atoms with Crippen molar-refractivity contribution in [2.24, 2.45) is 0 Å². The molecule has 0 aromatic carbocycles. The molecule has 5 heteroatoms. The number of piperazine rings is 1. The Morgan fingerprint density at radius 1 is 1.26 bits per heavy atom. The number of likely N-dealkylation sites (tertiary alicyclic amines) is 1. The monoisotopic (exact) mass is 264 g/mol. The fraction of sp³-hybridized carbons (Fsp3) is 0.857. The lowest BCUT2D eigenvalue weighted by Crippen LogP contribution is -2.58. The second-order valence-electron chi connectivity index (χ2n) is 5.50. The molecule has 2 aliphatic rings. The van der Waals surface area contributed by atoms with E-state index in [1.807, 2.05) is 16.7 Å². The van der Waals surface area contributed by atoms with Crippen LogP contribution in [-0.4, -0.2) is 60.5 Å². The highest BCUT2D eigenvalue weighted by atomic mass is 16.2. The third-order valence-corrected chi connectivity index (χ3v) is 4.21. The summed E-state index contributed by atoms with van der Waals surface area (Å²) in [5.41, 5.74) is 0. The molecule has 2 heterocycles. The molecule has 0 aliphatic carbocycles. The predicted octanol–water partition coefficient (Wildman–Crippen LogP) is 0.575. The summed E-state index contributed by atoms with van der Waals surface area (Å²) in [6.07, 6.45) is 4.68. The minimum atomic E-state index is -0.181. The zero-order chi connectivity index (χ0) is 13.7. The summed E-state index contributed by atoms with van der Waals surface area (Å²) in [4.78, 5) is 16.6. The largest absolute Gasteiger partial charge is 0.341 e. The Hall–Kier alpha value is -1.12. The number of hydrogen-bond acceptors (Lipinski definition) is 4. The number of hydrogen-bond donors (Lipinski definition) is 1. The Kier molecular flexibility index (Phi) is 5.17. The van der Waals surface area contributed by atoms with Gasteiger partial charge < -0.3 is 10.2 Å². The first-order valence-electron chi connectivity index (χ1n) is 7.39. The normalized spacial score (nSPS) is 27.4. The molecule has 2 saturated heterocycles. The van der Waals surface area contributed by atoms with E-state index in [1.54, 1.807) is 0 Å². The van der Waals surface area contributed by atoms with Crippen LogP contribution in [0.15, 0.2) is 0 Å². The maximum Gasteiger partial charge on any atom is 0.239 e. The van der Waals surface area contributed by atoms with Gasteiger partial charge in [-0.2, -0.15) is 5.26 Å². The molecule has 0 radical (unpaired) electrons. The first-order chi connectivity index (χ1) is 9.24. The summed E-state index contributed by atoms with van der Waals surface area (Å²) in [6.45, 7) is 6.00. The quantitative estimate of drug-likeness (QED) is 0.792. The van der Waals surface area contributed by atoms with Gasteiger partial charge in [0.25, 0.3) is 0 Å². The average molecular weight is 264 g/mol. The summed E-state index contributed by atoms with van der Waals surface area (Å²) < 4.78 is 0. The lowest BCUT2D eigenvalue weighted by Gasteiger charge is -2.37. The third-order valence-electron chi connectivity index (χ3n) is 4.21. The molecule has 0 aromatic heterocycles. The molecule has 2 atom stereocenters. The minimum absolute atomic E-state index is 0.176. The van der Waals surface area contributed by atoms with Crippen molar-refractivity contribution in [3.8, 4) is 6.07 Å². The molecule has 1 amide bonds. The zero-order valence-electron chi connectivity index (χ0n) is 11.8. The molecule has 2 fully saturated rings. The first kappa shape index (κ1) is 14.3. The van der Waals surface area contributed by atoms with E-state index in [-0.39, 0.29) is 18.0 Å². The molecule has 2 rings (SSSR count). The SMILES string of the molecule is CC(C(=O)N1CCCCCC1)N1CCNCC1C#N. The van der Waals surface area contributed by atoms with Gasteiger partial charge in [-0.3, -0.25) is 9.69 Å². The van der Waals surface area contributed by atoms with Crippen LogP contribution in [-0.2, 0) is 4.79 Å². The van der Waals surface area contributed by atoms with Gasteiger partial charge in [-0.15, -0.1) is 0 Å². The van der Waals surface area contributed by atoms with Gasteiger partial charge in [0, 0.05) is 32.7 Å². The van der Waals surface area contributed by atoms with Crippen LogP contribution >= 0.6 is 0 Å². The smallest absolute Gasteiger partial charge is 0.239 e. The number of nitriles is 1. The van der Waals surface area contributed by atoms with Crippen LogP contribution in [0.25, 0.3) is 0 Å². The van der Waals surface area contributed by atoms with Crippen molar-refractivity contribution >= 4 is 5.91 Å². The van der Waals surface area contributed by atoms with Crippen molar-refractivity contribution in [3.05, 3.63) is 0 Å². The topological polar surface area (TPSA) is 59.4 Å². The Labute approximate surface area is 115 Å². The molecular formula is C14H24N4O. The standard InChI is InChI=1S/C14H24N4O/c1-12(18-9-6-16-11-13(18)10-15)14(19)17-7-4-2-3-5-8-17/h12-13,16H,2-9,11H2,1H3. The maximum atomic E-state index is 12.6. The molecule has 2 unspecified atom stereocenters. The van der Waals surface area contributed by atoms with Crippen LogP contribution in [0.5, 0.6) is 0 Å². The summed E-state index contributed by atoms with van der Waals surface area (Å²) in [6, 6.07) is 1.94. The molecule has 1 N–H and O–H groups in total. The average Bonchev–Trinajstić information content (AvgIpc) is 2.74. The van der Waals surface area contributed by atoms with E-state index in [0.717, 1.165) is 39.0 Å². The number of amides is 1. The van der Waals surface area contributed by atoms with Crippen molar-refractivity contribution in [2.45, 2.75) is 44.7 Å². The Bertz CT molecular complexity index is 344. The second-order valence-corrected chi connectivity index (χ2v) is 5.50. The maximum absolute atomic E-state index is 12.6. The number of nitrogens with one attached hydrogen (secondary N) is 1. The van der Waals surface area contributed by atoms with E-state index in [4.69, 9.17) is 0 Å². The van der Waals surface area contributed by atoms with Gasteiger partial charge in [-0.1, -0.05) is 12.8 Å². The Morgan fingerprint density at radius 2 is 1.95 bits per heavy atom. The van der Waals surface area contributed by atoms with E-state index in [0.29, 0.717) is 6.54 Å². The van der Waals surface area contributed by atoms with Crippen molar-refractivity contribution in [1.29, 1.82) is 5.26 Å². The van der Waals surface area contributed by atoms with E-state index in [9.17, 15) is 10.1 Å². The van der Waals surface area contributed by atoms with Gasteiger partial charge in [-0.05, 0) is 19.8 Å². The van der Waals surface area contributed by atoms with E-state index in [2.05, 4.69) is 11.4 Å². The molecule has 2 aliphatic heterocycles. The molecular weight excluding hydrogens is 240 g/mol. The lowest BCUT2D eigenvalue weighted by atomic mass is 10.1. The Balaban J connectivity index is 1.98. The van der Waals surface area contributed by atoms with Gasteiger partial charge in [0.15, 0.2) is 0 Å². The second kappa shape index (κ2) is 6.88. The lowest BCUT2D eigenvalue weighted by molar-refractivity contribution is -0.137. The molecule has 19 heavy (non-hydrogen) atoms. The summed E-state index contributed by atoms with van der Waals surface area (Å²) in [5, 5.41) is 12.4. The highest BCUT2D eigenvalue weighted by Crippen LogP contribution is 2.15. The minimum Gasteiger partial charge on any atom is -0.341 e. The van der Waals surface area contributed by atoms with Crippen LogP contribution in [0.4, 0.5) is 0 Å². The Morgan fingerprint density at radius 3 is 2.58 bits per heavy atom. The van der Waals surface area contributed by atoms with Crippen LogP contribution in [0, 0.1) is 11.3 Å². The highest BCUT2D eigenvalue weighted by Gasteiger charge is 2.32. The van der Waals surface area contributed by atoms with Crippen LogP contribution in [0.3, 0.4) is 0 Å². The predicted molar refractivity (Wildman–Crippen MR) is 73.5 cm³/mol. The fourth-order valence-electron chi connectivity index (χ4n) is 3.00. The molecule has 0 aromatic rings. The molecule has 5 nitrogen and oxygen atoms in total. The number of carbonyl (C=O) groups excluding carboxylic acids is 1. The van der Waals surface area contributed by atoms with E-state index < -0.39 is 0 Å². The van der Waals surface area contributed by atoms with Gasteiger partial charge in [-0.25, -0.2) is 0 Å². The fourth-order valence-corrected chi connectivity index (χ4v) is 3.00. The molecule has 106 valence electrons. The van der Waals surface area contributed by atoms with Crippen LogP contribution in [0.1, 0.15) is 32.6 Å². The number of carbonyl (C=O) groups is 1. The van der Waals surface area contributed by atoms with Crippen molar-refractivity contribution < 1.29 is 4.79 Å². The van der Waals surface area contributed by atoms with Crippen LogP contribution in [0.2, 0.25) is 0 Å². The van der Waals surface area contributed by atoms with Crippen LogP contribution < -0.4 is 5.32 Å². The highest BCUT2D eigenvalue weighted by molar-refractivity contribution is 5.81. The van der Waals surface area contributed by atoms with Gasteiger partial charge in [0.2, 0.25) is 5.91 Å².